The first-order valence-electron chi connectivity index (χ1n) is 6.37. The lowest BCUT2D eigenvalue weighted by atomic mass is 10.2. The summed E-state index contributed by atoms with van der Waals surface area (Å²) < 4.78 is 5.29. The Bertz CT molecular complexity index is 269. The Morgan fingerprint density at radius 1 is 1.41 bits per heavy atom. The van der Waals surface area contributed by atoms with E-state index < -0.39 is 0 Å². The Morgan fingerprint density at radius 2 is 2.06 bits per heavy atom. The maximum atomic E-state index is 11.9. The van der Waals surface area contributed by atoms with Crippen LogP contribution in [0.1, 0.15) is 20.8 Å². The monoisotopic (exact) mass is 240 g/mol. The predicted octanol–water partition coefficient (Wildman–Crippen LogP) is 1.04. The van der Waals surface area contributed by atoms with Gasteiger partial charge in [0.05, 0.1) is 13.2 Å². The topological polar surface area (TPSA) is 41.6 Å². The number of amides is 1. The second-order valence-corrected chi connectivity index (χ2v) is 4.81. The van der Waals surface area contributed by atoms with Crippen molar-refractivity contribution in [2.24, 2.45) is 5.92 Å². The lowest BCUT2D eigenvalue weighted by Gasteiger charge is -2.27. The quantitative estimate of drug-likeness (QED) is 0.730. The van der Waals surface area contributed by atoms with Crippen LogP contribution in [0.5, 0.6) is 0 Å². The zero-order valence-electron chi connectivity index (χ0n) is 11.2. The molecule has 98 valence electrons. The smallest absolute Gasteiger partial charge is 0.248 e. The van der Waals surface area contributed by atoms with Gasteiger partial charge in [-0.1, -0.05) is 19.9 Å². The summed E-state index contributed by atoms with van der Waals surface area (Å²) >= 11 is 0. The third-order valence-corrected chi connectivity index (χ3v) is 2.81. The van der Waals surface area contributed by atoms with E-state index >= 15 is 0 Å². The highest BCUT2D eigenvalue weighted by Gasteiger charge is 2.15. The molecule has 0 radical (unpaired) electrons. The predicted molar refractivity (Wildman–Crippen MR) is 68.9 cm³/mol. The maximum Gasteiger partial charge on any atom is 0.248 e. The van der Waals surface area contributed by atoms with Gasteiger partial charge in [0.2, 0.25) is 5.91 Å². The lowest BCUT2D eigenvalue weighted by Crippen LogP contribution is -2.40. The number of carbonyl (C=O) groups excluding carboxylic acids is 1. The highest BCUT2D eigenvalue weighted by atomic mass is 16.5. The number of nitrogens with zero attached hydrogens (tertiary/aromatic N) is 1. The van der Waals surface area contributed by atoms with Gasteiger partial charge in [0.25, 0.3) is 0 Å². The van der Waals surface area contributed by atoms with Crippen LogP contribution in [-0.2, 0) is 9.53 Å². The van der Waals surface area contributed by atoms with Gasteiger partial charge >= 0.3 is 0 Å². The van der Waals surface area contributed by atoms with Crippen molar-refractivity contribution < 1.29 is 9.53 Å². The average molecular weight is 240 g/mol. The molecule has 1 N–H and O–H groups in total. The van der Waals surface area contributed by atoms with Gasteiger partial charge in [-0.3, -0.25) is 9.69 Å². The Kier molecular flexibility index (Phi) is 6.22. The van der Waals surface area contributed by atoms with Crippen LogP contribution in [-0.4, -0.2) is 50.2 Å². The Labute approximate surface area is 104 Å². The molecule has 0 aromatic carbocycles. The molecular weight excluding hydrogens is 216 g/mol. The largest absolute Gasteiger partial charge is 0.379 e. The molecule has 1 amide bonds. The summed E-state index contributed by atoms with van der Waals surface area (Å²) in [5.41, 5.74) is 0.854. The number of morpholine rings is 1. The number of nitrogens with one attached hydrogen (secondary N) is 1. The summed E-state index contributed by atoms with van der Waals surface area (Å²) in [4.78, 5) is 14.2. The molecule has 0 saturated carbocycles. The fourth-order valence-corrected chi connectivity index (χ4v) is 1.70. The fourth-order valence-electron chi connectivity index (χ4n) is 1.70. The minimum absolute atomic E-state index is 0.0627. The van der Waals surface area contributed by atoms with E-state index in [-0.39, 0.29) is 5.91 Å². The van der Waals surface area contributed by atoms with Gasteiger partial charge in [-0.2, -0.15) is 0 Å². The zero-order chi connectivity index (χ0) is 12.7. The first kappa shape index (κ1) is 14.2. The minimum Gasteiger partial charge on any atom is -0.379 e. The number of allylic oxidation sites excluding steroid dienone is 1. The molecule has 17 heavy (non-hydrogen) atoms. The number of hydrogen-bond acceptors (Lipinski definition) is 3. The van der Waals surface area contributed by atoms with Crippen molar-refractivity contribution in [2.45, 2.75) is 20.8 Å². The standard InChI is InChI=1S/C13H24N2O2/c1-4-12(13(16)14-9-11(2)3)10-15-5-7-17-8-6-15/h4,11H,5-10H2,1-3H3,(H,14,16)/b12-4-. The molecule has 0 atom stereocenters. The molecule has 1 rings (SSSR count). The third kappa shape index (κ3) is 5.33. The highest BCUT2D eigenvalue weighted by Crippen LogP contribution is 2.03. The Balaban J connectivity index is 2.39. The van der Waals surface area contributed by atoms with Crippen LogP contribution in [0.25, 0.3) is 0 Å². The van der Waals surface area contributed by atoms with E-state index in [1.165, 1.54) is 0 Å². The van der Waals surface area contributed by atoms with E-state index in [0.29, 0.717) is 5.92 Å². The molecule has 1 saturated heterocycles. The van der Waals surface area contributed by atoms with E-state index in [4.69, 9.17) is 4.74 Å². The fraction of sp³-hybridized carbons (Fsp3) is 0.769. The van der Waals surface area contributed by atoms with Gasteiger partial charge < -0.3 is 10.1 Å². The summed E-state index contributed by atoms with van der Waals surface area (Å²) in [6.07, 6.45) is 1.91. The van der Waals surface area contributed by atoms with Crippen LogP contribution in [0.2, 0.25) is 0 Å². The SMILES string of the molecule is C/C=C(/CN1CCOCC1)C(=O)NCC(C)C. The lowest BCUT2D eigenvalue weighted by molar-refractivity contribution is -0.118. The number of hydrogen-bond donors (Lipinski definition) is 1. The van der Waals surface area contributed by atoms with Gasteiger partial charge in [0.1, 0.15) is 0 Å². The van der Waals surface area contributed by atoms with Gasteiger partial charge in [0, 0.05) is 31.8 Å². The summed E-state index contributed by atoms with van der Waals surface area (Å²) in [7, 11) is 0. The van der Waals surface area contributed by atoms with Crippen LogP contribution in [0.3, 0.4) is 0 Å². The molecule has 1 fully saturated rings. The molecule has 1 aliphatic rings. The molecule has 4 nitrogen and oxygen atoms in total. The van der Waals surface area contributed by atoms with Gasteiger partial charge in [-0.25, -0.2) is 0 Å². The molecule has 0 spiro atoms. The highest BCUT2D eigenvalue weighted by molar-refractivity contribution is 5.93. The van der Waals surface area contributed by atoms with Crippen molar-refractivity contribution in [1.29, 1.82) is 0 Å². The first-order valence-corrected chi connectivity index (χ1v) is 6.37. The van der Waals surface area contributed by atoms with E-state index in [9.17, 15) is 4.79 Å². The maximum absolute atomic E-state index is 11.9. The molecule has 0 unspecified atom stereocenters. The van der Waals surface area contributed by atoms with Gasteiger partial charge in [0.15, 0.2) is 0 Å². The normalized spacial score (nSPS) is 18.5. The van der Waals surface area contributed by atoms with Crippen LogP contribution in [0.15, 0.2) is 11.6 Å². The summed E-state index contributed by atoms with van der Waals surface area (Å²) in [6.45, 7) is 10.9. The minimum atomic E-state index is 0.0627. The van der Waals surface area contributed by atoms with Crippen LogP contribution in [0, 0.1) is 5.92 Å². The van der Waals surface area contributed by atoms with Crippen molar-refractivity contribution in [1.82, 2.24) is 10.2 Å². The van der Waals surface area contributed by atoms with Gasteiger partial charge in [-0.15, -0.1) is 0 Å². The second-order valence-electron chi connectivity index (χ2n) is 4.81. The summed E-state index contributed by atoms with van der Waals surface area (Å²) in [5.74, 6) is 0.549. The van der Waals surface area contributed by atoms with E-state index in [0.717, 1.165) is 45.0 Å². The zero-order valence-corrected chi connectivity index (χ0v) is 11.2. The molecule has 0 aliphatic carbocycles. The van der Waals surface area contributed by atoms with Crippen LogP contribution < -0.4 is 5.32 Å². The number of rotatable bonds is 5. The molecule has 0 aromatic heterocycles. The van der Waals surface area contributed by atoms with E-state index in [1.807, 2.05) is 13.0 Å². The van der Waals surface area contributed by atoms with Crippen molar-refractivity contribution in [3.05, 3.63) is 11.6 Å². The van der Waals surface area contributed by atoms with Crippen molar-refractivity contribution in [3.63, 3.8) is 0 Å². The summed E-state index contributed by atoms with van der Waals surface area (Å²) in [6, 6.07) is 0. The van der Waals surface area contributed by atoms with E-state index in [1.54, 1.807) is 0 Å². The van der Waals surface area contributed by atoms with Crippen molar-refractivity contribution in [3.8, 4) is 0 Å². The molecule has 1 heterocycles. The molecule has 0 aromatic rings. The second kappa shape index (κ2) is 7.45. The van der Waals surface area contributed by atoms with Crippen molar-refractivity contribution in [2.75, 3.05) is 39.4 Å². The van der Waals surface area contributed by atoms with E-state index in [2.05, 4.69) is 24.1 Å². The Morgan fingerprint density at radius 3 is 2.59 bits per heavy atom. The van der Waals surface area contributed by atoms with Crippen molar-refractivity contribution >= 4 is 5.91 Å². The summed E-state index contributed by atoms with van der Waals surface area (Å²) in [5, 5.41) is 2.96. The number of ether oxygens (including phenoxy) is 1. The number of carbonyl (C=O) groups is 1. The third-order valence-electron chi connectivity index (χ3n) is 2.81. The van der Waals surface area contributed by atoms with Crippen LogP contribution >= 0.6 is 0 Å². The van der Waals surface area contributed by atoms with Gasteiger partial charge in [-0.05, 0) is 12.8 Å². The molecular formula is C13H24N2O2. The molecule has 1 aliphatic heterocycles. The van der Waals surface area contributed by atoms with Crippen LogP contribution in [0.4, 0.5) is 0 Å². The first-order chi connectivity index (χ1) is 8.13. The average Bonchev–Trinajstić information content (AvgIpc) is 2.34. The molecule has 4 heteroatoms. The molecule has 0 bridgehead atoms. The Hall–Kier alpha value is -0.870.